The number of rotatable bonds is 2. The monoisotopic (exact) mass is 333 g/mol. The molecule has 6 heteroatoms. The second-order valence-corrected chi connectivity index (χ2v) is 6.43. The molecule has 0 radical (unpaired) electrons. The van der Waals surface area contributed by atoms with E-state index in [9.17, 15) is 9.59 Å². The first kappa shape index (κ1) is 14.6. The summed E-state index contributed by atoms with van der Waals surface area (Å²) in [5.74, 6) is 0.502. The van der Waals surface area contributed by atoms with Crippen LogP contribution in [0.15, 0.2) is 24.3 Å². The van der Waals surface area contributed by atoms with Gasteiger partial charge in [-0.1, -0.05) is 23.8 Å². The summed E-state index contributed by atoms with van der Waals surface area (Å²) >= 11 is 6.22. The molecule has 2 heterocycles. The largest absolute Gasteiger partial charge is 0.486 e. The van der Waals surface area contributed by atoms with Crippen molar-refractivity contribution >= 4 is 23.4 Å². The molecular formula is C17H16ClNO4. The highest BCUT2D eigenvalue weighted by Gasteiger charge is 2.47. The van der Waals surface area contributed by atoms with Crippen molar-refractivity contribution in [1.82, 2.24) is 4.90 Å². The predicted molar refractivity (Wildman–Crippen MR) is 83.4 cm³/mol. The number of likely N-dealkylation sites (tertiary alicyclic amines) is 1. The van der Waals surface area contributed by atoms with Crippen LogP contribution >= 0.6 is 11.6 Å². The molecule has 2 amide bonds. The Morgan fingerprint density at radius 1 is 1.04 bits per heavy atom. The molecule has 0 saturated carbocycles. The van der Waals surface area contributed by atoms with Gasteiger partial charge in [-0.05, 0) is 30.5 Å². The molecule has 2 aliphatic heterocycles. The van der Waals surface area contributed by atoms with E-state index < -0.39 is 0 Å². The summed E-state index contributed by atoms with van der Waals surface area (Å²) in [7, 11) is 0. The number of allylic oxidation sites excluding steroid dienone is 2. The number of hydrogen-bond donors (Lipinski definition) is 0. The number of hydrogen-bond acceptors (Lipinski definition) is 4. The Balaban J connectivity index is 1.60. The molecule has 2 atom stereocenters. The minimum atomic E-state index is -0.208. The Morgan fingerprint density at radius 2 is 1.70 bits per heavy atom. The Morgan fingerprint density at radius 3 is 2.39 bits per heavy atom. The quantitative estimate of drug-likeness (QED) is 0.616. The number of fused-ring (bicyclic) bond motifs is 2. The van der Waals surface area contributed by atoms with E-state index in [1.807, 2.05) is 12.2 Å². The topological polar surface area (TPSA) is 55.8 Å². The molecule has 1 aliphatic carbocycles. The maximum atomic E-state index is 12.5. The van der Waals surface area contributed by atoms with Gasteiger partial charge in [0.05, 0.1) is 23.4 Å². The van der Waals surface area contributed by atoms with Crippen molar-refractivity contribution in [2.24, 2.45) is 11.8 Å². The molecule has 5 nitrogen and oxygen atoms in total. The fourth-order valence-corrected chi connectivity index (χ4v) is 3.75. The Hall–Kier alpha value is -2.01. The fourth-order valence-electron chi connectivity index (χ4n) is 3.46. The van der Waals surface area contributed by atoms with E-state index in [0.717, 1.165) is 5.56 Å². The van der Waals surface area contributed by atoms with Gasteiger partial charge in [-0.2, -0.15) is 0 Å². The first-order valence-corrected chi connectivity index (χ1v) is 8.11. The maximum absolute atomic E-state index is 12.5. The molecule has 4 rings (SSSR count). The average molecular weight is 334 g/mol. The number of ether oxygens (including phenoxy) is 2. The Kier molecular flexibility index (Phi) is 3.53. The number of amides is 2. The lowest BCUT2D eigenvalue weighted by molar-refractivity contribution is -0.140. The SMILES string of the molecule is O=C1C2CC=CCC2C(=O)N1Cc1cc(Cl)c2c(c1)OCCO2. The third-order valence-electron chi connectivity index (χ3n) is 4.60. The van der Waals surface area contributed by atoms with Crippen molar-refractivity contribution in [2.45, 2.75) is 19.4 Å². The van der Waals surface area contributed by atoms with Crippen molar-refractivity contribution in [1.29, 1.82) is 0 Å². The van der Waals surface area contributed by atoms with Crippen molar-refractivity contribution in [3.05, 3.63) is 34.9 Å². The van der Waals surface area contributed by atoms with Gasteiger partial charge in [0.1, 0.15) is 13.2 Å². The third kappa shape index (κ3) is 2.39. The van der Waals surface area contributed by atoms with Crippen LogP contribution in [0.4, 0.5) is 0 Å². The van der Waals surface area contributed by atoms with Crippen LogP contribution in [-0.4, -0.2) is 29.9 Å². The van der Waals surface area contributed by atoms with Crippen LogP contribution in [0.5, 0.6) is 11.5 Å². The molecule has 23 heavy (non-hydrogen) atoms. The molecule has 3 aliphatic rings. The predicted octanol–water partition coefficient (Wildman–Crippen LogP) is 2.56. The summed E-state index contributed by atoms with van der Waals surface area (Å²) in [5.41, 5.74) is 0.771. The first-order valence-electron chi connectivity index (χ1n) is 7.73. The van der Waals surface area contributed by atoms with Gasteiger partial charge in [-0.3, -0.25) is 14.5 Å². The molecule has 0 spiro atoms. The smallest absolute Gasteiger partial charge is 0.233 e. The van der Waals surface area contributed by atoms with Gasteiger partial charge >= 0.3 is 0 Å². The van der Waals surface area contributed by atoms with Crippen LogP contribution in [0, 0.1) is 11.8 Å². The lowest BCUT2D eigenvalue weighted by Crippen LogP contribution is -2.30. The fraction of sp³-hybridized carbons (Fsp3) is 0.412. The summed E-state index contributed by atoms with van der Waals surface area (Å²) in [6.07, 6.45) is 5.26. The van der Waals surface area contributed by atoms with Gasteiger partial charge in [0.15, 0.2) is 11.5 Å². The molecule has 1 aromatic carbocycles. The summed E-state index contributed by atoms with van der Waals surface area (Å²) in [6.45, 7) is 1.15. The molecule has 1 saturated heterocycles. The summed E-state index contributed by atoms with van der Waals surface area (Å²) in [5, 5.41) is 0.440. The second kappa shape index (κ2) is 5.57. The van der Waals surface area contributed by atoms with Crippen LogP contribution in [0.3, 0.4) is 0 Å². The van der Waals surface area contributed by atoms with Gasteiger partial charge in [0.25, 0.3) is 0 Å². The molecule has 0 bridgehead atoms. The molecule has 1 fully saturated rings. The number of carbonyl (C=O) groups excluding carboxylic acids is 2. The van der Waals surface area contributed by atoms with Gasteiger partial charge in [0.2, 0.25) is 11.8 Å². The molecule has 0 N–H and O–H groups in total. The van der Waals surface area contributed by atoms with Crippen LogP contribution < -0.4 is 9.47 Å². The number of halogens is 1. The second-order valence-electron chi connectivity index (χ2n) is 6.02. The minimum Gasteiger partial charge on any atom is -0.486 e. The zero-order valence-electron chi connectivity index (χ0n) is 12.5. The van der Waals surface area contributed by atoms with Crippen LogP contribution in [0.25, 0.3) is 0 Å². The highest BCUT2D eigenvalue weighted by molar-refractivity contribution is 6.32. The van der Waals surface area contributed by atoms with Crippen LogP contribution in [-0.2, 0) is 16.1 Å². The summed E-state index contributed by atoms with van der Waals surface area (Å²) in [4.78, 5) is 26.4. The zero-order valence-corrected chi connectivity index (χ0v) is 13.2. The highest BCUT2D eigenvalue weighted by Crippen LogP contribution is 2.40. The van der Waals surface area contributed by atoms with E-state index in [1.54, 1.807) is 12.1 Å². The van der Waals surface area contributed by atoms with Crippen molar-refractivity contribution in [2.75, 3.05) is 13.2 Å². The first-order chi connectivity index (χ1) is 11.1. The summed E-state index contributed by atoms with van der Waals surface area (Å²) < 4.78 is 11.0. The van der Waals surface area contributed by atoms with Gasteiger partial charge in [-0.25, -0.2) is 0 Å². The van der Waals surface area contributed by atoms with E-state index in [1.165, 1.54) is 4.90 Å². The van der Waals surface area contributed by atoms with Crippen molar-refractivity contribution < 1.29 is 19.1 Å². The standard InChI is InChI=1S/C17H16ClNO4/c18-13-7-10(8-14-15(13)23-6-5-22-14)9-19-16(20)11-3-1-2-4-12(11)17(19)21/h1-2,7-8,11-12H,3-6,9H2. The van der Waals surface area contributed by atoms with Gasteiger partial charge < -0.3 is 9.47 Å². The molecule has 120 valence electrons. The molecule has 0 aromatic heterocycles. The van der Waals surface area contributed by atoms with E-state index in [4.69, 9.17) is 21.1 Å². The van der Waals surface area contributed by atoms with Crippen molar-refractivity contribution in [3.8, 4) is 11.5 Å². The molecular weight excluding hydrogens is 318 g/mol. The normalized spacial score (nSPS) is 25.7. The number of nitrogens with zero attached hydrogens (tertiary/aromatic N) is 1. The van der Waals surface area contributed by atoms with E-state index in [2.05, 4.69) is 0 Å². The molecule has 1 aromatic rings. The van der Waals surface area contributed by atoms with E-state index >= 15 is 0 Å². The van der Waals surface area contributed by atoms with Crippen LogP contribution in [0.2, 0.25) is 5.02 Å². The third-order valence-corrected chi connectivity index (χ3v) is 4.88. The lowest BCUT2D eigenvalue weighted by atomic mass is 9.85. The Bertz CT molecular complexity index is 689. The van der Waals surface area contributed by atoms with Gasteiger partial charge in [0, 0.05) is 0 Å². The Labute approximate surface area is 138 Å². The number of carbonyl (C=O) groups is 2. The number of imide groups is 1. The van der Waals surface area contributed by atoms with E-state index in [0.29, 0.717) is 42.6 Å². The van der Waals surface area contributed by atoms with Gasteiger partial charge in [-0.15, -0.1) is 0 Å². The van der Waals surface area contributed by atoms with Crippen LogP contribution in [0.1, 0.15) is 18.4 Å². The molecule has 2 unspecified atom stereocenters. The summed E-state index contributed by atoms with van der Waals surface area (Å²) in [6, 6.07) is 3.52. The maximum Gasteiger partial charge on any atom is 0.233 e. The zero-order chi connectivity index (χ0) is 16.0. The lowest BCUT2D eigenvalue weighted by Gasteiger charge is -2.21. The minimum absolute atomic E-state index is 0.0876. The average Bonchev–Trinajstić information content (AvgIpc) is 2.81. The van der Waals surface area contributed by atoms with E-state index in [-0.39, 0.29) is 30.2 Å². The highest BCUT2D eigenvalue weighted by atomic mass is 35.5. The van der Waals surface area contributed by atoms with Crippen molar-refractivity contribution in [3.63, 3.8) is 0 Å². The number of benzene rings is 1.